The number of hydrogen-bond acceptors (Lipinski definition) is 18. The number of benzene rings is 1. The van der Waals surface area contributed by atoms with Gasteiger partial charge in [-0.25, -0.2) is 14.8 Å². The molecule has 0 spiro atoms. The van der Waals surface area contributed by atoms with Crippen molar-refractivity contribution < 1.29 is 48.9 Å². The van der Waals surface area contributed by atoms with Gasteiger partial charge in [-0.05, 0) is 50.6 Å². The van der Waals surface area contributed by atoms with E-state index >= 15 is 0 Å². The second kappa shape index (κ2) is 16.9. The Bertz CT molecular complexity index is 2400. The molecule has 1 aromatic carbocycles. The number of carboxylic acids is 1. The monoisotopic (exact) mass is 849 g/mol. The molecule has 0 aliphatic carbocycles. The van der Waals surface area contributed by atoms with Gasteiger partial charge in [-0.1, -0.05) is 5.16 Å². The first-order chi connectivity index (χ1) is 26.4. The number of carbonyl (C=O) groups excluding carboxylic acids is 5. The van der Waals surface area contributed by atoms with Crippen molar-refractivity contribution in [2.75, 3.05) is 17.2 Å². The van der Waals surface area contributed by atoms with Crippen LogP contribution in [0, 0.1) is 6.92 Å². The van der Waals surface area contributed by atoms with Crippen LogP contribution in [0.15, 0.2) is 51.1 Å². The molecule has 22 nitrogen and oxygen atoms in total. The van der Waals surface area contributed by atoms with E-state index in [1.807, 2.05) is 0 Å². The number of fused-ring (bicyclic) bond motifs is 2. The molecule has 1 saturated heterocycles. The Kier molecular flexibility index (Phi) is 12.7. The molecule has 2 atom stereocenters. The number of oxime groups is 1. The Morgan fingerprint density at radius 3 is 2.49 bits per heavy atom. The minimum atomic E-state index is -1.83. The minimum absolute atomic E-state index is 0. The third-order valence-electron chi connectivity index (χ3n) is 7.98. The number of nitrogen functional groups attached to an aromatic ring is 1. The molecule has 5 heterocycles. The average Bonchev–Trinajstić information content (AvgIpc) is 3.78. The molecule has 2 aliphatic heterocycles. The summed E-state index contributed by atoms with van der Waals surface area (Å²) in [6, 6.07) is 3.75. The molecule has 5 amide bonds. The van der Waals surface area contributed by atoms with E-state index < -0.39 is 69.7 Å². The van der Waals surface area contributed by atoms with Crippen LogP contribution in [0.25, 0.3) is 5.78 Å². The molecule has 0 saturated carbocycles. The number of carboxylic acid groups (broad SMARTS) is 1. The fraction of sp³-hybridized carbons (Fsp3) is 0.258. The van der Waals surface area contributed by atoms with Crippen LogP contribution in [0.5, 0.6) is 11.5 Å². The number of amides is 5. The number of phenolic OH excluding ortho intramolecular Hbond substituents is 2. The Morgan fingerprint density at radius 2 is 1.84 bits per heavy atom. The van der Waals surface area contributed by atoms with Gasteiger partial charge in [-0.15, -0.1) is 40.0 Å². The van der Waals surface area contributed by atoms with Crippen molar-refractivity contribution in [2.24, 2.45) is 10.9 Å². The number of anilines is 1. The van der Waals surface area contributed by atoms with Crippen LogP contribution >= 0.6 is 34.9 Å². The summed E-state index contributed by atoms with van der Waals surface area (Å²) in [5, 5.41) is 41.0. The molecule has 6 rings (SSSR count). The van der Waals surface area contributed by atoms with E-state index in [0.717, 1.165) is 28.4 Å². The number of hydrazine groups is 1. The first kappa shape index (κ1) is 42.7. The van der Waals surface area contributed by atoms with Gasteiger partial charge in [0, 0.05) is 57.7 Å². The summed E-state index contributed by atoms with van der Waals surface area (Å²) >= 11 is 3.38. The predicted octanol–water partition coefficient (Wildman–Crippen LogP) is -0.908. The molecule has 1 radical (unpaired) electrons. The van der Waals surface area contributed by atoms with Crippen molar-refractivity contribution in [3.8, 4) is 11.5 Å². The summed E-state index contributed by atoms with van der Waals surface area (Å²) < 4.78 is 1.31. The van der Waals surface area contributed by atoms with Crippen LogP contribution < -0.4 is 27.6 Å². The quantitative estimate of drug-likeness (QED) is 0.0163. The third-order valence-corrected chi connectivity index (χ3v) is 11.1. The third kappa shape index (κ3) is 8.92. The van der Waals surface area contributed by atoms with Crippen LogP contribution in [-0.4, -0.2) is 144 Å². The molecule has 4 aromatic rings. The molecule has 2 aliphatic rings. The van der Waals surface area contributed by atoms with Crippen LogP contribution in [0.3, 0.4) is 0 Å². The Balaban J connectivity index is 0.00000620. The number of carbonyl (C=O) groups is 6. The smallest absolute Gasteiger partial charge is 0.352 e. The molecule has 0 bridgehead atoms. The summed E-state index contributed by atoms with van der Waals surface area (Å²) in [6.07, 6.45) is 0. The Hall–Kier alpha value is -5.47. The Labute approximate surface area is 355 Å². The number of aromatic hydroxyl groups is 2. The number of nitrogens with zero attached hydrogens (tertiary/aromatic N) is 7. The molecule has 26 heteroatoms. The maximum Gasteiger partial charge on any atom is 0.352 e. The summed E-state index contributed by atoms with van der Waals surface area (Å²) in [6.45, 7) is 4.26. The van der Waals surface area contributed by atoms with E-state index in [9.17, 15) is 44.1 Å². The van der Waals surface area contributed by atoms with Gasteiger partial charge in [0.2, 0.25) is 11.4 Å². The van der Waals surface area contributed by atoms with E-state index in [1.54, 1.807) is 13.0 Å². The summed E-state index contributed by atoms with van der Waals surface area (Å²) in [5.74, 6) is -6.46. The van der Waals surface area contributed by atoms with Gasteiger partial charge < -0.3 is 36.9 Å². The van der Waals surface area contributed by atoms with Gasteiger partial charge in [0.15, 0.2) is 22.3 Å². The van der Waals surface area contributed by atoms with Gasteiger partial charge in [-0.2, -0.15) is 9.50 Å². The standard InChI is InChI=1S/C31H30N12O10S3.Na/c1-11-6-17(43-30(34-11)37-22(40-43)21(32)46)54-8-13-9-55-26-19(25(49)42(26)20(13)27(50)51)36-24(48)18(14-10-56-29(33)35-14)41-53-31(2,3)28(52)39-38-23(47)12-4-5-15(44)16(45)7-12;/h4-7,10,19,26,44-45H,8-9H2,1-3H3,(H2,32,46)(H2,33,35)(H,36,48)(H,38,47)(H,39,52)(H,50,51);. The second-order valence-electron chi connectivity index (χ2n) is 12.4. The first-order valence-electron chi connectivity index (χ1n) is 15.9. The largest absolute Gasteiger partial charge is 0.504 e. The predicted molar refractivity (Wildman–Crippen MR) is 204 cm³/mol. The average molecular weight is 850 g/mol. The van der Waals surface area contributed by atoms with Crippen molar-refractivity contribution in [3.63, 3.8) is 0 Å². The molecule has 57 heavy (non-hydrogen) atoms. The van der Waals surface area contributed by atoms with Crippen molar-refractivity contribution >= 4 is 117 Å². The molecular formula is C31H30N12NaO10S3. The number of thiazole rings is 1. The number of phenols is 2. The van der Waals surface area contributed by atoms with E-state index in [0.29, 0.717) is 16.3 Å². The number of nitrogens with one attached hydrogen (secondary N) is 3. The van der Waals surface area contributed by atoms with E-state index in [-0.39, 0.29) is 74.8 Å². The minimum Gasteiger partial charge on any atom is -0.504 e. The second-order valence-corrected chi connectivity index (χ2v) is 15.4. The van der Waals surface area contributed by atoms with Crippen LogP contribution in [-0.2, 0) is 24.0 Å². The topological polar surface area (TPSA) is 332 Å². The zero-order valence-electron chi connectivity index (χ0n) is 30.2. The van der Waals surface area contributed by atoms with Gasteiger partial charge in [0.25, 0.3) is 35.3 Å². The van der Waals surface area contributed by atoms with Gasteiger partial charge >= 0.3 is 5.97 Å². The fourth-order valence-corrected chi connectivity index (χ4v) is 8.21. The van der Waals surface area contributed by atoms with E-state index in [4.69, 9.17) is 16.3 Å². The summed E-state index contributed by atoms with van der Waals surface area (Å²) in [4.78, 5) is 95.5. The van der Waals surface area contributed by atoms with E-state index in [1.165, 1.54) is 53.3 Å². The van der Waals surface area contributed by atoms with Crippen molar-refractivity contribution in [2.45, 2.75) is 42.8 Å². The van der Waals surface area contributed by atoms with Gasteiger partial charge in [0.1, 0.15) is 27.8 Å². The number of β-lactam (4-membered cyclic amide) rings is 1. The number of aryl methyl sites for hydroxylation is 1. The van der Waals surface area contributed by atoms with Gasteiger partial charge in [-0.3, -0.25) is 39.7 Å². The summed E-state index contributed by atoms with van der Waals surface area (Å²) in [7, 11) is 0. The van der Waals surface area contributed by atoms with Crippen molar-refractivity contribution in [3.05, 3.63) is 63.7 Å². The number of primary amides is 1. The zero-order valence-corrected chi connectivity index (χ0v) is 34.6. The van der Waals surface area contributed by atoms with Crippen LogP contribution in [0.4, 0.5) is 5.13 Å². The van der Waals surface area contributed by atoms with Crippen LogP contribution in [0.1, 0.15) is 46.2 Å². The molecule has 3 aromatic heterocycles. The number of thioether (sulfide) groups is 2. The number of aromatic nitrogens is 5. The number of rotatable bonds is 12. The van der Waals surface area contributed by atoms with E-state index in [2.05, 4.69) is 41.4 Å². The van der Waals surface area contributed by atoms with Gasteiger partial charge in [0.05, 0.1) is 0 Å². The SMILES string of the molecule is Cc1cc(SCC2=C(C(=O)O)N3C(=O)C(NC(=O)C(=NOC(C)(C)C(=O)NNC(=O)c4ccc(O)c(O)c4)c4csc(N)n4)C3SC2)n2nc(C(N)=O)nc2n1.[Na]. The maximum atomic E-state index is 13.7. The van der Waals surface area contributed by atoms with Crippen molar-refractivity contribution in [1.82, 2.24) is 45.6 Å². The molecule has 293 valence electrons. The summed E-state index contributed by atoms with van der Waals surface area (Å²) in [5.41, 5.74) is 13.7. The number of hydrogen-bond donors (Lipinski definition) is 8. The normalized spacial score (nSPS) is 16.6. The number of nitrogens with two attached hydrogens (primary N) is 2. The molecular weight excluding hydrogens is 820 g/mol. The van der Waals surface area contributed by atoms with Crippen LogP contribution in [0.2, 0.25) is 0 Å². The number of aliphatic carboxylic acids is 1. The fourth-order valence-electron chi connectivity index (χ4n) is 5.13. The zero-order chi connectivity index (χ0) is 40.6. The first-order valence-corrected chi connectivity index (χ1v) is 18.8. The molecule has 2 unspecified atom stereocenters. The maximum absolute atomic E-state index is 13.7. The molecule has 1 fully saturated rings. The Morgan fingerprint density at radius 1 is 1.11 bits per heavy atom. The molecule has 10 N–H and O–H groups in total. The van der Waals surface area contributed by atoms with Crippen molar-refractivity contribution in [1.29, 1.82) is 0 Å².